The zero-order chi connectivity index (χ0) is 21.0. The number of aromatic nitrogens is 1. The van der Waals surface area contributed by atoms with E-state index in [0.29, 0.717) is 12.0 Å². The minimum atomic E-state index is 0.472. The molecular formula is C28H30N2O. The lowest BCUT2D eigenvalue weighted by molar-refractivity contribution is 0.382. The smallest absolute Gasteiger partial charge is 0.119 e. The van der Waals surface area contributed by atoms with Crippen molar-refractivity contribution in [3.8, 4) is 5.75 Å². The summed E-state index contributed by atoms with van der Waals surface area (Å²) in [5, 5.41) is 5.26. The van der Waals surface area contributed by atoms with Crippen LogP contribution in [0.5, 0.6) is 5.75 Å². The molecule has 0 fully saturated rings. The molecule has 1 heterocycles. The van der Waals surface area contributed by atoms with E-state index in [0.717, 1.165) is 38.0 Å². The Bertz CT molecular complexity index is 1150. The highest BCUT2D eigenvalue weighted by atomic mass is 16.5. The number of aryl methyl sites for hydroxylation is 1. The number of methoxy groups -OCH3 is 1. The van der Waals surface area contributed by atoms with Crippen molar-refractivity contribution < 1.29 is 4.74 Å². The van der Waals surface area contributed by atoms with Gasteiger partial charge in [-0.2, -0.15) is 0 Å². The highest BCUT2D eigenvalue weighted by Crippen LogP contribution is 2.36. The molecule has 3 heteroatoms. The second-order valence-corrected chi connectivity index (χ2v) is 8.57. The van der Waals surface area contributed by atoms with Crippen LogP contribution in [0.4, 0.5) is 0 Å². The van der Waals surface area contributed by atoms with Crippen LogP contribution in [0, 0.1) is 0 Å². The van der Waals surface area contributed by atoms with Crippen LogP contribution in [0.3, 0.4) is 0 Å². The number of para-hydroxylation sites is 1. The third-order valence-corrected chi connectivity index (χ3v) is 6.73. The summed E-state index contributed by atoms with van der Waals surface area (Å²) in [6, 6.07) is 26.6. The van der Waals surface area contributed by atoms with Gasteiger partial charge in [-0.3, -0.25) is 0 Å². The molecule has 1 aliphatic carbocycles. The Labute approximate surface area is 184 Å². The van der Waals surface area contributed by atoms with Crippen LogP contribution in [-0.2, 0) is 19.3 Å². The minimum Gasteiger partial charge on any atom is -0.497 e. The van der Waals surface area contributed by atoms with E-state index in [1.54, 1.807) is 7.11 Å². The van der Waals surface area contributed by atoms with Gasteiger partial charge in [0.05, 0.1) is 7.11 Å². The molecular weight excluding hydrogens is 380 g/mol. The van der Waals surface area contributed by atoms with Gasteiger partial charge in [-0.15, -0.1) is 0 Å². The first-order valence-electron chi connectivity index (χ1n) is 11.3. The minimum absolute atomic E-state index is 0.472. The normalized spacial score (nSPS) is 18.1. The topological polar surface area (TPSA) is 37.0 Å². The van der Waals surface area contributed by atoms with Crippen molar-refractivity contribution in [1.82, 2.24) is 10.3 Å². The maximum Gasteiger partial charge on any atom is 0.119 e. The number of rotatable bonds is 7. The number of ether oxygens (including phenoxy) is 1. The van der Waals surface area contributed by atoms with Crippen molar-refractivity contribution in [2.24, 2.45) is 0 Å². The molecule has 0 saturated heterocycles. The quantitative estimate of drug-likeness (QED) is 0.413. The van der Waals surface area contributed by atoms with Crippen LogP contribution in [0.25, 0.3) is 10.9 Å². The summed E-state index contributed by atoms with van der Waals surface area (Å²) in [4.78, 5) is 3.40. The maximum absolute atomic E-state index is 5.48. The molecule has 2 N–H and O–H groups in total. The summed E-state index contributed by atoms with van der Waals surface area (Å²) in [6.07, 6.45) is 6.52. The van der Waals surface area contributed by atoms with Crippen LogP contribution < -0.4 is 10.1 Å². The van der Waals surface area contributed by atoms with E-state index in [1.807, 2.05) is 0 Å². The molecule has 3 nitrogen and oxygen atoms in total. The van der Waals surface area contributed by atoms with Gasteiger partial charge in [0.15, 0.2) is 0 Å². The number of hydrogen-bond acceptors (Lipinski definition) is 2. The molecule has 0 aliphatic heterocycles. The van der Waals surface area contributed by atoms with Crippen molar-refractivity contribution in [3.63, 3.8) is 0 Å². The number of fused-ring (bicyclic) bond motifs is 2. The molecule has 5 rings (SSSR count). The van der Waals surface area contributed by atoms with Crippen molar-refractivity contribution in [3.05, 3.63) is 101 Å². The predicted molar refractivity (Wildman–Crippen MR) is 128 cm³/mol. The van der Waals surface area contributed by atoms with Gasteiger partial charge >= 0.3 is 0 Å². The third-order valence-electron chi connectivity index (χ3n) is 6.73. The Morgan fingerprint density at radius 3 is 2.71 bits per heavy atom. The van der Waals surface area contributed by atoms with Crippen molar-refractivity contribution in [2.75, 3.05) is 13.7 Å². The first kappa shape index (κ1) is 19.9. The summed E-state index contributed by atoms with van der Waals surface area (Å²) in [6.45, 7) is 0.989. The van der Waals surface area contributed by atoms with E-state index < -0.39 is 0 Å². The average molecular weight is 411 g/mol. The molecule has 0 spiro atoms. The first-order chi connectivity index (χ1) is 15.3. The van der Waals surface area contributed by atoms with E-state index >= 15 is 0 Å². The molecule has 0 radical (unpaired) electrons. The maximum atomic E-state index is 5.48. The zero-order valence-electron chi connectivity index (χ0n) is 18.1. The van der Waals surface area contributed by atoms with Gasteiger partial charge in [0.1, 0.15) is 5.75 Å². The molecule has 158 valence electrons. The van der Waals surface area contributed by atoms with Crippen molar-refractivity contribution in [1.29, 1.82) is 0 Å². The monoisotopic (exact) mass is 410 g/mol. The molecule has 2 atom stereocenters. The molecule has 0 saturated carbocycles. The summed E-state index contributed by atoms with van der Waals surface area (Å²) in [7, 11) is 1.75. The Morgan fingerprint density at radius 1 is 1.00 bits per heavy atom. The lowest BCUT2D eigenvalue weighted by Gasteiger charge is -2.35. The Morgan fingerprint density at radius 2 is 1.84 bits per heavy atom. The first-order valence-corrected chi connectivity index (χ1v) is 11.3. The highest BCUT2D eigenvalue weighted by molar-refractivity contribution is 5.83. The fourth-order valence-corrected chi connectivity index (χ4v) is 5.11. The number of hydrogen-bond donors (Lipinski definition) is 2. The lowest BCUT2D eigenvalue weighted by atomic mass is 9.76. The lowest BCUT2D eigenvalue weighted by Crippen LogP contribution is -2.40. The van der Waals surface area contributed by atoms with Gasteiger partial charge in [0, 0.05) is 29.1 Å². The number of nitrogens with one attached hydrogen (secondary N) is 2. The summed E-state index contributed by atoms with van der Waals surface area (Å²) in [5.41, 5.74) is 6.93. The van der Waals surface area contributed by atoms with Gasteiger partial charge in [0.25, 0.3) is 0 Å². The number of H-pyrrole nitrogens is 1. The predicted octanol–water partition coefficient (Wildman–Crippen LogP) is 5.65. The van der Waals surface area contributed by atoms with Crippen LogP contribution in [0.2, 0.25) is 0 Å². The number of benzene rings is 3. The van der Waals surface area contributed by atoms with Gasteiger partial charge in [-0.25, -0.2) is 0 Å². The summed E-state index contributed by atoms with van der Waals surface area (Å²) < 4.78 is 5.48. The van der Waals surface area contributed by atoms with Gasteiger partial charge < -0.3 is 15.0 Å². The van der Waals surface area contributed by atoms with Crippen molar-refractivity contribution in [2.45, 2.75) is 37.6 Å². The largest absolute Gasteiger partial charge is 0.497 e. The Kier molecular flexibility index (Phi) is 5.77. The second kappa shape index (κ2) is 8.99. The van der Waals surface area contributed by atoms with E-state index in [4.69, 9.17) is 4.74 Å². The zero-order valence-corrected chi connectivity index (χ0v) is 18.1. The van der Waals surface area contributed by atoms with Crippen LogP contribution >= 0.6 is 0 Å². The molecule has 0 amide bonds. The fourth-order valence-electron chi connectivity index (χ4n) is 5.11. The highest BCUT2D eigenvalue weighted by Gasteiger charge is 2.29. The van der Waals surface area contributed by atoms with Gasteiger partial charge in [-0.1, -0.05) is 54.6 Å². The second-order valence-electron chi connectivity index (χ2n) is 8.57. The molecule has 0 unspecified atom stereocenters. The molecule has 31 heavy (non-hydrogen) atoms. The Balaban J connectivity index is 1.34. The van der Waals surface area contributed by atoms with Gasteiger partial charge in [-0.05, 0) is 72.7 Å². The SMILES string of the molecule is COc1ccc2c(c1)CC[C@H](NCCc1c[nH]c3ccccc13)[C@@H]2Cc1ccccc1. The molecule has 1 aromatic heterocycles. The Hall–Kier alpha value is -3.04. The summed E-state index contributed by atoms with van der Waals surface area (Å²) in [5.74, 6) is 1.43. The molecule has 3 aromatic carbocycles. The van der Waals surface area contributed by atoms with Crippen LogP contribution in [0.15, 0.2) is 79.0 Å². The van der Waals surface area contributed by atoms with Crippen LogP contribution in [0.1, 0.15) is 34.6 Å². The molecule has 4 aromatic rings. The van der Waals surface area contributed by atoms with Crippen LogP contribution in [-0.4, -0.2) is 24.7 Å². The number of aromatic amines is 1. The van der Waals surface area contributed by atoms with E-state index in [1.165, 1.54) is 33.2 Å². The average Bonchev–Trinajstić information content (AvgIpc) is 3.24. The van der Waals surface area contributed by atoms with E-state index in [9.17, 15) is 0 Å². The molecule has 0 bridgehead atoms. The van der Waals surface area contributed by atoms with E-state index in [2.05, 4.69) is 89.3 Å². The van der Waals surface area contributed by atoms with Gasteiger partial charge in [0.2, 0.25) is 0 Å². The standard InChI is InChI=1S/C28H30N2O/c1-31-23-12-13-24-21(18-23)11-14-28(26(24)17-20-7-3-2-4-8-20)29-16-15-22-19-30-27-10-6-5-9-25(22)27/h2-10,12-13,18-19,26,28-30H,11,14-17H2,1H3/t26-,28+/m1/s1. The summed E-state index contributed by atoms with van der Waals surface area (Å²) >= 11 is 0. The third kappa shape index (κ3) is 4.24. The fraction of sp³-hybridized carbons (Fsp3) is 0.286. The van der Waals surface area contributed by atoms with Crippen molar-refractivity contribution >= 4 is 10.9 Å². The molecule has 1 aliphatic rings. The van der Waals surface area contributed by atoms with E-state index in [-0.39, 0.29) is 0 Å².